The van der Waals surface area contributed by atoms with Crippen molar-refractivity contribution in [2.75, 3.05) is 10.6 Å². The monoisotopic (exact) mass is 285 g/mol. The molecular weight excluding hydrogens is 262 g/mol. The van der Waals surface area contributed by atoms with E-state index in [9.17, 15) is 4.79 Å². The summed E-state index contributed by atoms with van der Waals surface area (Å²) in [5.41, 5.74) is 7.04. The Bertz CT molecular complexity index is 529. The average molecular weight is 285 g/mol. The van der Waals surface area contributed by atoms with Crippen molar-refractivity contribution in [3.05, 3.63) is 24.3 Å². The number of amides is 2. The second kappa shape index (κ2) is 4.93. The number of anilines is 2. The van der Waals surface area contributed by atoms with Crippen molar-refractivity contribution in [2.45, 2.75) is 38.1 Å². The van der Waals surface area contributed by atoms with Gasteiger partial charge in [0.05, 0.1) is 0 Å². The van der Waals surface area contributed by atoms with Crippen LogP contribution in [0, 0.1) is 23.7 Å². The molecule has 0 radical (unpaired) electrons. The highest BCUT2D eigenvalue weighted by molar-refractivity contribution is 5.88. The molecule has 1 aromatic carbocycles. The molecule has 0 atom stereocenters. The first-order valence-corrected chi connectivity index (χ1v) is 8.10. The fourth-order valence-corrected chi connectivity index (χ4v) is 5.18. The van der Waals surface area contributed by atoms with E-state index in [1.54, 1.807) is 0 Å². The maximum absolute atomic E-state index is 11.0. The van der Waals surface area contributed by atoms with E-state index in [2.05, 4.69) is 16.7 Å². The quantitative estimate of drug-likeness (QED) is 0.796. The van der Waals surface area contributed by atoms with Crippen LogP contribution in [0.1, 0.15) is 32.1 Å². The van der Waals surface area contributed by atoms with Gasteiger partial charge in [-0.2, -0.15) is 0 Å². The predicted molar refractivity (Wildman–Crippen MR) is 84.1 cm³/mol. The lowest BCUT2D eigenvalue weighted by molar-refractivity contribution is 0.00754. The van der Waals surface area contributed by atoms with Crippen LogP contribution in [0.15, 0.2) is 24.3 Å². The highest BCUT2D eigenvalue weighted by Gasteiger charge is 2.48. The molecule has 4 bridgehead atoms. The summed E-state index contributed by atoms with van der Waals surface area (Å²) >= 11 is 0. The highest BCUT2D eigenvalue weighted by Crippen LogP contribution is 2.54. The smallest absolute Gasteiger partial charge is 0.316 e. The molecule has 1 aromatic rings. The third kappa shape index (κ3) is 2.47. The van der Waals surface area contributed by atoms with Crippen molar-refractivity contribution < 1.29 is 4.79 Å². The first-order valence-electron chi connectivity index (χ1n) is 8.10. The summed E-state index contributed by atoms with van der Waals surface area (Å²) in [6.45, 7) is 0. The number of nitrogens with one attached hydrogen (secondary N) is 2. The normalized spacial score (nSPS) is 36.5. The second-order valence-corrected chi connectivity index (χ2v) is 7.17. The third-order valence-corrected chi connectivity index (χ3v) is 5.69. The summed E-state index contributed by atoms with van der Waals surface area (Å²) in [7, 11) is 0. The molecule has 0 saturated heterocycles. The van der Waals surface area contributed by atoms with Gasteiger partial charge in [0.1, 0.15) is 0 Å². The zero-order valence-corrected chi connectivity index (χ0v) is 12.2. The van der Waals surface area contributed by atoms with Crippen molar-refractivity contribution in [2.24, 2.45) is 29.4 Å². The van der Waals surface area contributed by atoms with Gasteiger partial charge in [-0.1, -0.05) is 6.07 Å². The fourth-order valence-electron chi connectivity index (χ4n) is 5.18. The van der Waals surface area contributed by atoms with Gasteiger partial charge in [0.15, 0.2) is 0 Å². The summed E-state index contributed by atoms with van der Waals surface area (Å²) in [5.74, 6) is 3.67. The molecule has 0 aliphatic heterocycles. The third-order valence-electron chi connectivity index (χ3n) is 5.69. The Kier molecular flexibility index (Phi) is 3.05. The lowest BCUT2D eigenvalue weighted by atomic mass is 9.54. The number of nitrogens with two attached hydrogens (primary N) is 1. The Balaban J connectivity index is 1.50. The first-order chi connectivity index (χ1) is 10.2. The Morgan fingerprint density at radius 1 is 1.00 bits per heavy atom. The second-order valence-electron chi connectivity index (χ2n) is 7.17. The lowest BCUT2D eigenvalue weighted by Crippen LogP contribution is -2.51. The number of hydrogen-bond donors (Lipinski definition) is 3. The molecule has 4 heteroatoms. The van der Waals surface area contributed by atoms with Crippen LogP contribution in [0.5, 0.6) is 0 Å². The van der Waals surface area contributed by atoms with Gasteiger partial charge >= 0.3 is 6.03 Å². The highest BCUT2D eigenvalue weighted by atomic mass is 16.2. The van der Waals surface area contributed by atoms with Crippen LogP contribution in [0.4, 0.5) is 16.2 Å². The van der Waals surface area contributed by atoms with Crippen molar-refractivity contribution in [1.82, 2.24) is 0 Å². The van der Waals surface area contributed by atoms with E-state index >= 15 is 0 Å². The predicted octanol–water partition coefficient (Wildman–Crippen LogP) is 3.41. The van der Waals surface area contributed by atoms with Crippen LogP contribution in [0.25, 0.3) is 0 Å². The summed E-state index contributed by atoms with van der Waals surface area (Å²) in [6, 6.07) is 7.99. The van der Waals surface area contributed by atoms with E-state index in [-0.39, 0.29) is 0 Å². The minimum atomic E-state index is -0.512. The van der Waals surface area contributed by atoms with Gasteiger partial charge in [-0.15, -0.1) is 0 Å². The van der Waals surface area contributed by atoms with E-state index < -0.39 is 6.03 Å². The molecule has 2 amide bonds. The van der Waals surface area contributed by atoms with Crippen LogP contribution >= 0.6 is 0 Å². The van der Waals surface area contributed by atoms with Gasteiger partial charge in [0.2, 0.25) is 0 Å². The maximum atomic E-state index is 11.0. The zero-order chi connectivity index (χ0) is 14.4. The molecule has 0 unspecified atom stereocenters. The van der Waals surface area contributed by atoms with Gasteiger partial charge in [-0.3, -0.25) is 0 Å². The minimum absolute atomic E-state index is 0.512. The Morgan fingerprint density at radius 3 is 2.24 bits per heavy atom. The molecule has 21 heavy (non-hydrogen) atoms. The summed E-state index contributed by atoms with van der Waals surface area (Å²) in [4.78, 5) is 11.0. The molecule has 0 heterocycles. The number of primary amides is 1. The molecule has 4 N–H and O–H groups in total. The lowest BCUT2D eigenvalue weighted by Gasteiger charge is -2.54. The molecule has 4 nitrogen and oxygen atoms in total. The molecule has 5 rings (SSSR count). The Labute approximate surface area is 125 Å². The van der Waals surface area contributed by atoms with Crippen LogP contribution in [0.2, 0.25) is 0 Å². The molecule has 112 valence electrons. The average Bonchev–Trinajstić information content (AvgIpc) is 2.42. The van der Waals surface area contributed by atoms with Crippen molar-refractivity contribution in [3.8, 4) is 0 Å². The molecule has 4 aliphatic carbocycles. The minimum Gasteiger partial charge on any atom is -0.382 e. The molecular formula is C17H23N3O. The van der Waals surface area contributed by atoms with Crippen LogP contribution in [-0.2, 0) is 0 Å². The molecule has 4 fully saturated rings. The molecule has 4 aliphatic rings. The summed E-state index contributed by atoms with van der Waals surface area (Å²) < 4.78 is 0. The molecule has 0 spiro atoms. The number of carbonyl (C=O) groups is 1. The SMILES string of the molecule is NC(=O)Nc1cccc(NC2C3CC4CC(C3)CC2C4)c1. The van der Waals surface area contributed by atoms with Gasteiger partial charge in [-0.25, -0.2) is 4.79 Å². The Morgan fingerprint density at radius 2 is 1.62 bits per heavy atom. The zero-order valence-electron chi connectivity index (χ0n) is 12.2. The van der Waals surface area contributed by atoms with Crippen molar-refractivity contribution >= 4 is 17.4 Å². The number of rotatable bonds is 3. The fraction of sp³-hybridized carbons (Fsp3) is 0.588. The van der Waals surface area contributed by atoms with E-state index in [0.717, 1.165) is 35.0 Å². The van der Waals surface area contributed by atoms with Crippen LogP contribution in [-0.4, -0.2) is 12.1 Å². The van der Waals surface area contributed by atoms with Gasteiger partial charge < -0.3 is 16.4 Å². The van der Waals surface area contributed by atoms with Crippen molar-refractivity contribution in [1.29, 1.82) is 0 Å². The number of hydrogen-bond acceptors (Lipinski definition) is 2. The van der Waals surface area contributed by atoms with E-state index in [1.807, 2.05) is 18.2 Å². The topological polar surface area (TPSA) is 67.2 Å². The van der Waals surface area contributed by atoms with E-state index in [4.69, 9.17) is 5.73 Å². The van der Waals surface area contributed by atoms with Crippen molar-refractivity contribution in [3.63, 3.8) is 0 Å². The first kappa shape index (κ1) is 13.0. The van der Waals surface area contributed by atoms with Gasteiger partial charge in [0, 0.05) is 17.4 Å². The maximum Gasteiger partial charge on any atom is 0.316 e. The van der Waals surface area contributed by atoms with Gasteiger partial charge in [0.25, 0.3) is 0 Å². The summed E-state index contributed by atoms with van der Waals surface area (Å²) in [6.07, 6.45) is 7.11. The van der Waals surface area contributed by atoms with E-state index in [1.165, 1.54) is 32.1 Å². The number of urea groups is 1. The van der Waals surface area contributed by atoms with Crippen LogP contribution in [0.3, 0.4) is 0 Å². The summed E-state index contributed by atoms with van der Waals surface area (Å²) in [5, 5.41) is 6.39. The number of benzene rings is 1. The van der Waals surface area contributed by atoms with Gasteiger partial charge in [-0.05, 0) is 74.0 Å². The number of carbonyl (C=O) groups excluding carboxylic acids is 1. The Hall–Kier alpha value is -1.71. The molecule has 0 aromatic heterocycles. The largest absolute Gasteiger partial charge is 0.382 e. The standard InChI is InChI=1S/C17H23N3O/c18-17(21)20-15-3-1-2-14(9-15)19-16-12-5-10-4-11(7-12)8-13(16)6-10/h1-3,9-13,16,19H,4-8H2,(H3,18,20,21). The van der Waals surface area contributed by atoms with E-state index in [0.29, 0.717) is 6.04 Å². The molecule has 4 saturated carbocycles. The van der Waals surface area contributed by atoms with Crippen LogP contribution < -0.4 is 16.4 Å².